The average Bonchev–Trinajstić information content (AvgIpc) is 2.87. The minimum absolute atomic E-state index is 0. The molecule has 0 spiro atoms. The average molecular weight is 520 g/mol. The van der Waals surface area contributed by atoms with Crippen LogP contribution in [0.1, 0.15) is 31.7 Å². The second kappa shape index (κ2) is 14.5. The zero-order chi connectivity index (χ0) is 17.2. The van der Waals surface area contributed by atoms with Crippen molar-refractivity contribution in [1.82, 2.24) is 9.88 Å². The van der Waals surface area contributed by atoms with Gasteiger partial charge in [-0.2, -0.15) is 6.20 Å². The van der Waals surface area contributed by atoms with Gasteiger partial charge in [0.15, 0.2) is 0 Å². The topological polar surface area (TPSA) is 46.4 Å². The fraction of sp³-hybridized carbons (Fsp3) is 0.368. The van der Waals surface area contributed by atoms with Gasteiger partial charge in [0.2, 0.25) is 5.91 Å². The molecule has 0 aliphatic heterocycles. The molecular weight excluding hydrogens is 491 g/mol. The number of aromatic nitrogens is 1. The maximum absolute atomic E-state index is 11.8. The van der Waals surface area contributed by atoms with Crippen LogP contribution in [0, 0.1) is 60.0 Å². The molecule has 1 aromatic carbocycles. The van der Waals surface area contributed by atoms with Gasteiger partial charge in [-0.05, 0) is 25.6 Å². The van der Waals surface area contributed by atoms with Gasteiger partial charge >= 0.3 is 0 Å². The Morgan fingerprint density at radius 3 is 2.60 bits per heavy atom. The third kappa shape index (κ3) is 9.04. The number of nitrogens with zero attached hydrogens (tertiary/aromatic N) is 2. The minimum atomic E-state index is -0.0316. The van der Waals surface area contributed by atoms with E-state index in [1.807, 2.05) is 56.7 Å². The Hall–Kier alpha value is -0.621. The largest absolute Gasteiger partial charge is 0.490 e. The number of hydrogen-bond acceptors (Lipinski definition) is 3. The monoisotopic (exact) mass is 520 g/mol. The molecule has 25 heavy (non-hydrogen) atoms. The minimum Gasteiger partial charge on any atom is -0.490 e. The molecule has 0 fully saturated rings. The summed E-state index contributed by atoms with van der Waals surface area (Å²) in [6.07, 6.45) is 5.14. The van der Waals surface area contributed by atoms with E-state index in [9.17, 15) is 4.79 Å². The van der Waals surface area contributed by atoms with Crippen LogP contribution >= 0.6 is 11.3 Å². The molecule has 0 atom stereocenters. The molecule has 0 saturated carbocycles. The van der Waals surface area contributed by atoms with Crippen molar-refractivity contribution in [2.45, 2.75) is 34.6 Å². The number of thiazole rings is 1. The van der Waals surface area contributed by atoms with Crippen molar-refractivity contribution in [2.24, 2.45) is 12.0 Å². The van der Waals surface area contributed by atoms with Crippen LogP contribution < -0.4 is 10.1 Å². The van der Waals surface area contributed by atoms with Crippen molar-refractivity contribution < 1.29 is 51.7 Å². The molecule has 0 aliphatic rings. The predicted molar refractivity (Wildman–Crippen MR) is 104 cm³/mol. The molecular formula is C19H28N3OSYb-. The zero-order valence-electron chi connectivity index (χ0n) is 14.5. The molecule has 1 N–H and O–H groups in total. The molecule has 1 aromatic heterocycles. The molecule has 0 unspecified atom stereocenters. The summed E-state index contributed by atoms with van der Waals surface area (Å²) < 4.78 is 1.87. The van der Waals surface area contributed by atoms with E-state index in [1.165, 1.54) is 0 Å². The van der Waals surface area contributed by atoms with Gasteiger partial charge in [-0.25, -0.2) is 11.3 Å². The summed E-state index contributed by atoms with van der Waals surface area (Å²) >= 11 is 1.58. The number of para-hydroxylation sites is 1. The fourth-order valence-electron chi connectivity index (χ4n) is 1.90. The normalized spacial score (nSPS) is 9.84. The maximum Gasteiger partial charge on any atom is 0.224 e. The number of benzene rings is 1. The van der Waals surface area contributed by atoms with Crippen LogP contribution in [-0.2, 0) is 18.3 Å². The SMILES string of the molecule is C.C=CCNC(=O)Cc1ccccc1N=c1sc(C)[c-]n1C.CC.[Yb]. The van der Waals surface area contributed by atoms with Crippen LogP contribution in [0.3, 0.4) is 0 Å². The first-order valence-electron chi connectivity index (χ1n) is 7.66. The molecule has 0 aliphatic carbocycles. The van der Waals surface area contributed by atoms with Gasteiger partial charge in [-0.3, -0.25) is 4.79 Å². The van der Waals surface area contributed by atoms with Gasteiger partial charge in [0, 0.05) is 64.0 Å². The Morgan fingerprint density at radius 1 is 1.40 bits per heavy atom. The van der Waals surface area contributed by atoms with Crippen LogP contribution in [0.2, 0.25) is 0 Å². The summed E-state index contributed by atoms with van der Waals surface area (Å²) in [4.78, 5) is 18.4. The van der Waals surface area contributed by atoms with Crippen LogP contribution in [0.5, 0.6) is 0 Å². The number of hydrogen-bond donors (Lipinski definition) is 1. The van der Waals surface area contributed by atoms with Crippen molar-refractivity contribution in [3.63, 3.8) is 0 Å². The molecule has 6 heteroatoms. The van der Waals surface area contributed by atoms with E-state index in [0.29, 0.717) is 13.0 Å². The first-order chi connectivity index (χ1) is 11.1. The van der Waals surface area contributed by atoms with E-state index < -0.39 is 0 Å². The first kappa shape index (κ1) is 26.6. The molecule has 0 bridgehead atoms. The van der Waals surface area contributed by atoms with Crippen LogP contribution in [-0.4, -0.2) is 17.0 Å². The summed E-state index contributed by atoms with van der Waals surface area (Å²) in [7, 11) is 1.92. The van der Waals surface area contributed by atoms with Crippen molar-refractivity contribution in [3.05, 3.63) is 58.4 Å². The van der Waals surface area contributed by atoms with E-state index in [4.69, 9.17) is 0 Å². The van der Waals surface area contributed by atoms with Crippen LogP contribution in [0.4, 0.5) is 5.69 Å². The van der Waals surface area contributed by atoms with Gasteiger partial charge in [0.1, 0.15) is 0 Å². The number of nitrogens with one attached hydrogen (secondary N) is 1. The van der Waals surface area contributed by atoms with Crippen molar-refractivity contribution in [2.75, 3.05) is 6.54 Å². The van der Waals surface area contributed by atoms with E-state index >= 15 is 0 Å². The van der Waals surface area contributed by atoms with Crippen molar-refractivity contribution in [3.8, 4) is 0 Å². The summed E-state index contributed by atoms with van der Waals surface area (Å²) in [6.45, 7) is 10.1. The maximum atomic E-state index is 11.8. The molecule has 1 heterocycles. The Balaban J connectivity index is 0. The molecule has 1 amide bonds. The van der Waals surface area contributed by atoms with Crippen LogP contribution in [0.25, 0.3) is 0 Å². The van der Waals surface area contributed by atoms with Gasteiger partial charge in [0.05, 0.1) is 6.42 Å². The van der Waals surface area contributed by atoms with Crippen molar-refractivity contribution in [1.29, 1.82) is 0 Å². The fourth-order valence-corrected chi connectivity index (χ4v) is 2.69. The van der Waals surface area contributed by atoms with E-state index in [0.717, 1.165) is 20.9 Å². The molecule has 146 valence electrons. The van der Waals surface area contributed by atoms with Gasteiger partial charge in [0.25, 0.3) is 0 Å². The predicted octanol–water partition coefficient (Wildman–Crippen LogP) is 3.93. The summed E-state index contributed by atoms with van der Waals surface area (Å²) in [5.41, 5.74) is 1.72. The van der Waals surface area contributed by atoms with Gasteiger partial charge < -0.3 is 14.9 Å². The van der Waals surface area contributed by atoms with Crippen molar-refractivity contribution >= 4 is 22.9 Å². The second-order valence-electron chi connectivity index (χ2n) is 4.62. The smallest absolute Gasteiger partial charge is 0.224 e. The molecule has 2 rings (SSSR count). The van der Waals surface area contributed by atoms with Gasteiger partial charge in [-0.15, -0.1) is 6.58 Å². The number of carbonyl (C=O) groups is 1. The molecule has 4 nitrogen and oxygen atoms in total. The summed E-state index contributed by atoms with van der Waals surface area (Å²) in [6, 6.07) is 7.69. The van der Waals surface area contributed by atoms with Gasteiger partial charge in [-0.1, -0.05) is 50.4 Å². The number of amides is 1. The van der Waals surface area contributed by atoms with E-state index in [1.54, 1.807) is 17.4 Å². The van der Waals surface area contributed by atoms with E-state index in [2.05, 4.69) is 23.1 Å². The quantitative estimate of drug-likeness (QED) is 0.472. The zero-order valence-corrected chi connectivity index (χ0v) is 17.0. The molecule has 0 saturated heterocycles. The second-order valence-corrected chi connectivity index (χ2v) is 5.80. The van der Waals surface area contributed by atoms with E-state index in [-0.39, 0.29) is 60.3 Å². The first-order valence-corrected chi connectivity index (χ1v) is 8.48. The number of aryl methyl sites for hydroxylation is 2. The Labute approximate surface area is 194 Å². The standard InChI is InChI=1S/C16H18N3OS.C2H6.CH4.Yb/c1-4-9-17-15(20)10-13-7-5-6-8-14(13)18-16-19(3)11-12(2)21-16;1-2;;/h4-8H,1,9-10H2,2-3H3,(H,17,20);1-2H3;1H4;/q-1;;;. The Kier molecular flexibility index (Phi) is 15.5. The summed E-state index contributed by atoms with van der Waals surface area (Å²) in [5, 5.41) is 2.78. The Morgan fingerprint density at radius 2 is 2.04 bits per heavy atom. The third-order valence-corrected chi connectivity index (χ3v) is 3.80. The number of carbonyl (C=O) groups excluding carboxylic acids is 1. The van der Waals surface area contributed by atoms with Crippen LogP contribution in [0.15, 0.2) is 41.9 Å². The Bertz CT molecular complexity index is 719. The third-order valence-electron chi connectivity index (χ3n) is 2.86. The summed E-state index contributed by atoms with van der Waals surface area (Å²) in [5.74, 6) is -0.0316. The molecule has 0 radical (unpaired) electrons. The number of rotatable bonds is 5. The molecule has 2 aromatic rings.